The predicted octanol–water partition coefficient (Wildman–Crippen LogP) is 6.84. The molecule has 0 radical (unpaired) electrons. The first-order chi connectivity index (χ1) is 33.0. The largest absolute Gasteiger partial charge is 0.504 e. The van der Waals surface area contributed by atoms with Gasteiger partial charge in [-0.05, 0) is 141 Å². The number of phenolic OH excluding ortho intramolecular Hbond substituents is 1. The molecule has 1 spiro atoms. The minimum Gasteiger partial charge on any atom is -0.504 e. The van der Waals surface area contributed by atoms with E-state index >= 15 is 0 Å². The van der Waals surface area contributed by atoms with Crippen molar-refractivity contribution >= 4 is 21.6 Å². The molecule has 3 heterocycles. The van der Waals surface area contributed by atoms with Crippen LogP contribution in [0.3, 0.4) is 0 Å². The highest BCUT2D eigenvalue weighted by Crippen LogP contribution is 2.53. The van der Waals surface area contributed by atoms with Crippen molar-refractivity contribution in [2.24, 2.45) is 46.7 Å². The Hall–Kier alpha value is -3.84. The minimum atomic E-state index is -1.07. The molecule has 9 rings (SSSR count). The van der Waals surface area contributed by atoms with E-state index in [2.05, 4.69) is 71.5 Å². The summed E-state index contributed by atoms with van der Waals surface area (Å²) in [6.45, 7) is 2.48. The maximum Gasteiger partial charge on any atom is 0.161 e. The average Bonchev–Trinajstić information content (AvgIpc) is 3.80. The zero-order valence-electron chi connectivity index (χ0n) is 39.2. The summed E-state index contributed by atoms with van der Waals surface area (Å²) in [6.07, 6.45) is 8.22. The number of phenols is 1. The molecular weight excluding hydrogens is 895 g/mol. The van der Waals surface area contributed by atoms with Crippen LogP contribution in [-0.2, 0) is 12.8 Å². The van der Waals surface area contributed by atoms with Gasteiger partial charge in [0.15, 0.2) is 11.5 Å². The third-order valence-electron chi connectivity index (χ3n) is 16.5. The lowest BCUT2D eigenvalue weighted by Gasteiger charge is -2.45. The molecule has 1 saturated heterocycles. The summed E-state index contributed by atoms with van der Waals surface area (Å²) in [5.41, 5.74) is 13.4. The zero-order chi connectivity index (χ0) is 47.5. The van der Waals surface area contributed by atoms with E-state index < -0.39 is 53.7 Å². The predicted molar refractivity (Wildman–Crippen MR) is 270 cm³/mol. The number of hydrogen-bond donors (Lipinski definition) is 10. The van der Waals surface area contributed by atoms with Crippen LogP contribution in [0.5, 0.6) is 11.5 Å². The van der Waals surface area contributed by atoms with Gasteiger partial charge in [0, 0.05) is 77.8 Å². The lowest BCUT2D eigenvalue weighted by molar-refractivity contribution is -0.0219. The van der Waals surface area contributed by atoms with Crippen LogP contribution >= 0.6 is 21.6 Å². The van der Waals surface area contributed by atoms with Gasteiger partial charge in [-0.2, -0.15) is 0 Å². The van der Waals surface area contributed by atoms with Crippen LogP contribution in [-0.4, -0.2) is 103 Å². The summed E-state index contributed by atoms with van der Waals surface area (Å²) in [5, 5.41) is 85.0. The molecule has 4 aliphatic carbocycles. The van der Waals surface area contributed by atoms with Crippen LogP contribution in [0, 0.1) is 52.8 Å². The quantitative estimate of drug-likeness (QED) is 0.0641. The van der Waals surface area contributed by atoms with Crippen LogP contribution in [0.25, 0.3) is 0 Å². The highest BCUT2D eigenvalue weighted by molar-refractivity contribution is 8.76. The molecule has 3 aromatic rings. The number of aromatic amines is 1. The number of nitrogens with two attached hydrogens (primary N) is 1. The Bertz CT molecular complexity index is 2360. The van der Waals surface area contributed by atoms with Gasteiger partial charge in [0.1, 0.15) is 11.9 Å². The Morgan fingerprint density at radius 2 is 1.75 bits per heavy atom. The van der Waals surface area contributed by atoms with Crippen molar-refractivity contribution in [1.82, 2.24) is 10.3 Å². The Labute approximate surface area is 409 Å². The number of rotatable bonds is 8. The number of allylic oxidation sites excluding steroid dienone is 3. The number of aromatic nitrogens is 1. The Morgan fingerprint density at radius 3 is 2.51 bits per heavy atom. The highest BCUT2D eigenvalue weighted by atomic mass is 33.1. The lowest BCUT2D eigenvalue weighted by Crippen LogP contribution is -2.42. The molecule has 2 aliphatic heterocycles. The number of nitrogens with one attached hydrogen (secondary N) is 2. The number of H-pyrrole nitrogens is 1. The molecule has 0 amide bonds. The molecule has 2 aromatic carbocycles. The maximum atomic E-state index is 12.4. The third kappa shape index (κ3) is 10.3. The normalized spacial score (nSPS) is 35.5. The number of benzene rings is 2. The molecule has 0 bridgehead atoms. The van der Waals surface area contributed by atoms with E-state index in [4.69, 9.17) is 10.5 Å². The smallest absolute Gasteiger partial charge is 0.161 e. The molecule has 13 heteroatoms. The first kappa shape index (κ1) is 49.2. The second-order valence-corrected chi connectivity index (χ2v) is 23.1. The summed E-state index contributed by atoms with van der Waals surface area (Å²) in [5.74, 6) is 7.63. The fourth-order valence-corrected chi connectivity index (χ4v) is 15.3. The van der Waals surface area contributed by atoms with Crippen molar-refractivity contribution in [3.8, 4) is 23.3 Å². The summed E-state index contributed by atoms with van der Waals surface area (Å²) >= 11 is 0. The first-order valence-electron chi connectivity index (χ1n) is 25.0. The molecule has 366 valence electrons. The Morgan fingerprint density at radius 1 is 0.912 bits per heavy atom. The number of fused-ring (bicyclic) bond motifs is 5. The van der Waals surface area contributed by atoms with Crippen LogP contribution in [0.1, 0.15) is 98.9 Å². The zero-order valence-corrected chi connectivity index (χ0v) is 40.8. The van der Waals surface area contributed by atoms with E-state index in [9.17, 15) is 35.7 Å². The first-order valence-corrected chi connectivity index (χ1v) is 27.5. The number of dihydropyridines is 1. The monoisotopic (exact) mass is 965 g/mol. The van der Waals surface area contributed by atoms with Gasteiger partial charge in [-0.3, -0.25) is 0 Å². The van der Waals surface area contributed by atoms with Crippen molar-refractivity contribution in [3.63, 3.8) is 0 Å². The maximum absolute atomic E-state index is 12.4. The SMILES string of the molecule is CC[C@H]1Cc2cc(O)c(O[C@@H]3C[C@H](Cc4ccc[nH]4)C4=CCNC(N)=C4CSSC[C@H](CO)[C@H]3O)cc2[C@@H]2C[C@@H](O)[C@@H]3[C@@H](C#C[C@@]4(C[C@H](O)CC[C@@H]3O)C[C@@H](c3ccccc3)CC[C@H]4CO)C=C12. The molecule has 2 fully saturated rings. The number of aliphatic hydroxyl groups excluding tert-OH is 6. The van der Waals surface area contributed by atoms with E-state index in [-0.39, 0.29) is 54.3 Å². The molecule has 6 aliphatic rings. The highest BCUT2D eigenvalue weighted by Gasteiger charge is 2.47. The molecule has 11 N–H and O–H groups in total. The fourth-order valence-electron chi connectivity index (χ4n) is 12.8. The van der Waals surface area contributed by atoms with Gasteiger partial charge in [0.25, 0.3) is 0 Å². The van der Waals surface area contributed by atoms with Gasteiger partial charge in [0.2, 0.25) is 0 Å². The van der Waals surface area contributed by atoms with Gasteiger partial charge in [-0.1, -0.05) is 88.4 Å². The Kier molecular flexibility index (Phi) is 15.7. The van der Waals surface area contributed by atoms with Crippen LogP contribution < -0.4 is 15.8 Å². The summed E-state index contributed by atoms with van der Waals surface area (Å²) in [4.78, 5) is 3.36. The molecule has 1 aromatic heterocycles. The van der Waals surface area contributed by atoms with E-state index in [0.717, 1.165) is 52.8 Å². The Balaban J connectivity index is 1.09. The number of hydrogen-bond acceptors (Lipinski definition) is 12. The average molecular weight is 966 g/mol. The molecule has 11 nitrogen and oxygen atoms in total. The molecule has 14 atom stereocenters. The van der Waals surface area contributed by atoms with Gasteiger partial charge >= 0.3 is 0 Å². The van der Waals surface area contributed by atoms with E-state index in [1.165, 1.54) is 5.56 Å². The van der Waals surface area contributed by atoms with Crippen molar-refractivity contribution in [3.05, 3.63) is 118 Å². The van der Waals surface area contributed by atoms with Gasteiger partial charge in [0.05, 0.1) is 24.4 Å². The number of aromatic hydroxyl groups is 1. The fraction of sp³-hybridized carbons (Fsp3) is 0.564. The summed E-state index contributed by atoms with van der Waals surface area (Å²) < 4.78 is 6.91. The van der Waals surface area contributed by atoms with Crippen molar-refractivity contribution in [2.45, 2.75) is 120 Å². The molecular formula is C55H71N3O8S2. The molecule has 1 saturated carbocycles. The van der Waals surface area contributed by atoms with Gasteiger partial charge < -0.3 is 56.5 Å². The van der Waals surface area contributed by atoms with Crippen LogP contribution in [0.15, 0.2) is 95.5 Å². The summed E-state index contributed by atoms with van der Waals surface area (Å²) in [7, 11) is 3.24. The number of aliphatic hydroxyl groups is 6. The van der Waals surface area contributed by atoms with Crippen molar-refractivity contribution in [2.75, 3.05) is 31.3 Å². The number of ether oxygens (including phenoxy) is 1. The molecule has 68 heavy (non-hydrogen) atoms. The summed E-state index contributed by atoms with van der Waals surface area (Å²) in [6, 6.07) is 18.2. The van der Waals surface area contributed by atoms with Crippen molar-refractivity contribution in [1.29, 1.82) is 0 Å². The second-order valence-electron chi connectivity index (χ2n) is 20.6. The minimum absolute atomic E-state index is 0.0244. The van der Waals surface area contributed by atoms with E-state index in [0.29, 0.717) is 75.2 Å². The van der Waals surface area contributed by atoms with Gasteiger partial charge in [-0.15, -0.1) is 0 Å². The topological polar surface area (TPSA) is 205 Å². The standard InChI is InChI=1S/C55H71N3O8S2/c1-2-32-19-36-22-48(63)50(66-51-23-37(20-40-9-6-17-57-40)42-15-18-58-54(56)46(42)31-68-67-30-38(28-59)53(51)65)25-44(36)45-24-49(64)52-34(21-43(32)45)14-16-55(27-41(61)12-13-47(52)62)26-35(10-11-39(55)29-60)33-7-4-3-5-8-33/h3-9,15,17,21-22,25,32,34-35,37-39,41,45,47,49,51-53,57-65H,2,10-13,18-20,23-24,26-31,56H2,1H3/t32-,34-,35-,37-,38-,39-,41+,45+,47-,49+,51+,52+,53+,55-/m0/s1. The van der Waals surface area contributed by atoms with E-state index in [1.54, 1.807) is 27.7 Å². The third-order valence-corrected chi connectivity index (χ3v) is 18.9. The molecule has 0 unspecified atom stereocenters. The van der Waals surface area contributed by atoms with Gasteiger partial charge in [-0.25, -0.2) is 0 Å². The lowest BCUT2D eigenvalue weighted by atomic mass is 9.59. The van der Waals surface area contributed by atoms with Crippen LogP contribution in [0.2, 0.25) is 0 Å². The van der Waals surface area contributed by atoms with E-state index in [1.807, 2.05) is 24.4 Å². The second kappa shape index (κ2) is 21.7. The van der Waals surface area contributed by atoms with Crippen molar-refractivity contribution < 1.29 is 40.5 Å². The van der Waals surface area contributed by atoms with Crippen LogP contribution in [0.4, 0.5) is 0 Å².